The van der Waals surface area contributed by atoms with Gasteiger partial charge in [0.1, 0.15) is 0 Å². The summed E-state index contributed by atoms with van der Waals surface area (Å²) in [5.41, 5.74) is 0. The summed E-state index contributed by atoms with van der Waals surface area (Å²) in [6.45, 7) is 2.98. The predicted molar refractivity (Wildman–Crippen MR) is 77.9 cm³/mol. The first kappa shape index (κ1) is 15.0. The maximum absolute atomic E-state index is 13.6. The minimum Gasteiger partial charge on any atom is -0.371 e. The van der Waals surface area contributed by atoms with Gasteiger partial charge in [0, 0.05) is 19.7 Å². The normalized spacial score (nSPS) is 22.6. The first-order valence-electron chi connectivity index (χ1n) is 7.37. The van der Waals surface area contributed by atoms with E-state index < -0.39 is 11.6 Å². The van der Waals surface area contributed by atoms with E-state index in [1.54, 1.807) is 7.05 Å². The molecule has 0 radical (unpaired) electrons. The fourth-order valence-corrected chi connectivity index (χ4v) is 2.78. The first-order chi connectivity index (χ1) is 9.60. The number of halogens is 2. The van der Waals surface area contributed by atoms with Crippen LogP contribution in [0.1, 0.15) is 39.0 Å². The summed E-state index contributed by atoms with van der Waals surface area (Å²) in [5, 5.41) is 5.60. The van der Waals surface area contributed by atoms with Gasteiger partial charge in [-0.05, 0) is 18.3 Å². The van der Waals surface area contributed by atoms with Crippen molar-refractivity contribution in [2.45, 2.75) is 39.0 Å². The molecule has 0 amide bonds. The Bertz CT molecular complexity index is 443. The number of rotatable bonds is 5. The molecule has 0 aromatic carbocycles. The standard InChI is InChI=1S/C15H23F2N3/c1-10-3-5-11(6-4-10)7-8-19-15-13(17)9-12(16)14(18-2)20-15/h9-11H,3-8H2,1-2H3,(H2,18,19,20). The van der Waals surface area contributed by atoms with Crippen LogP contribution in [0.5, 0.6) is 0 Å². The maximum atomic E-state index is 13.6. The van der Waals surface area contributed by atoms with Crippen molar-refractivity contribution in [1.29, 1.82) is 0 Å². The van der Waals surface area contributed by atoms with Gasteiger partial charge in [0.25, 0.3) is 0 Å². The van der Waals surface area contributed by atoms with E-state index in [0.717, 1.165) is 18.4 Å². The fraction of sp³-hybridized carbons (Fsp3) is 0.667. The molecule has 0 aliphatic heterocycles. The Hall–Kier alpha value is -1.39. The van der Waals surface area contributed by atoms with Crippen LogP contribution in [-0.4, -0.2) is 18.6 Å². The zero-order valence-electron chi connectivity index (χ0n) is 12.2. The van der Waals surface area contributed by atoms with Gasteiger partial charge >= 0.3 is 0 Å². The smallest absolute Gasteiger partial charge is 0.168 e. The summed E-state index contributed by atoms with van der Waals surface area (Å²) in [4.78, 5) is 3.91. The van der Waals surface area contributed by atoms with E-state index in [2.05, 4.69) is 22.5 Å². The van der Waals surface area contributed by atoms with Crippen LogP contribution >= 0.6 is 0 Å². The second kappa shape index (κ2) is 6.86. The molecule has 0 bridgehead atoms. The molecule has 112 valence electrons. The van der Waals surface area contributed by atoms with Gasteiger partial charge in [-0.25, -0.2) is 13.8 Å². The van der Waals surface area contributed by atoms with Crippen molar-refractivity contribution >= 4 is 11.6 Å². The number of nitrogens with zero attached hydrogens (tertiary/aromatic N) is 1. The van der Waals surface area contributed by atoms with Crippen molar-refractivity contribution in [3.8, 4) is 0 Å². The highest BCUT2D eigenvalue weighted by atomic mass is 19.1. The van der Waals surface area contributed by atoms with Crippen LogP contribution in [0.15, 0.2) is 6.07 Å². The van der Waals surface area contributed by atoms with E-state index in [1.807, 2.05) is 0 Å². The third-order valence-electron chi connectivity index (χ3n) is 4.15. The summed E-state index contributed by atoms with van der Waals surface area (Å²) in [7, 11) is 1.57. The van der Waals surface area contributed by atoms with Crippen LogP contribution in [0.2, 0.25) is 0 Å². The molecule has 0 spiro atoms. The Morgan fingerprint density at radius 1 is 1.15 bits per heavy atom. The number of anilines is 2. The first-order valence-corrected chi connectivity index (χ1v) is 7.37. The number of nitrogens with one attached hydrogen (secondary N) is 2. The molecule has 1 heterocycles. The predicted octanol–water partition coefficient (Wildman–Crippen LogP) is 4.03. The van der Waals surface area contributed by atoms with Gasteiger partial charge in [0.15, 0.2) is 23.3 Å². The van der Waals surface area contributed by atoms with Crippen molar-refractivity contribution in [3.63, 3.8) is 0 Å². The van der Waals surface area contributed by atoms with Gasteiger partial charge in [0.2, 0.25) is 0 Å². The lowest BCUT2D eigenvalue weighted by atomic mass is 9.81. The van der Waals surface area contributed by atoms with Gasteiger partial charge in [-0.1, -0.05) is 32.6 Å². The molecule has 1 saturated carbocycles. The Morgan fingerprint density at radius 3 is 2.45 bits per heavy atom. The number of aromatic nitrogens is 1. The summed E-state index contributed by atoms with van der Waals surface area (Å²) in [6.07, 6.45) is 6.10. The SMILES string of the molecule is CNc1nc(NCCC2CCC(C)CC2)c(F)cc1F. The molecular formula is C15H23F2N3. The van der Waals surface area contributed by atoms with Crippen LogP contribution in [0, 0.1) is 23.5 Å². The Labute approximate surface area is 119 Å². The molecule has 1 aromatic heterocycles. The average molecular weight is 283 g/mol. The molecule has 1 aromatic rings. The molecule has 1 aliphatic carbocycles. The Kier molecular flexibility index (Phi) is 5.15. The van der Waals surface area contributed by atoms with E-state index in [4.69, 9.17) is 0 Å². The van der Waals surface area contributed by atoms with Crippen molar-refractivity contribution in [3.05, 3.63) is 17.7 Å². The highest BCUT2D eigenvalue weighted by Gasteiger charge is 2.18. The van der Waals surface area contributed by atoms with Gasteiger partial charge in [-0.15, -0.1) is 0 Å². The van der Waals surface area contributed by atoms with Crippen LogP contribution in [0.4, 0.5) is 20.4 Å². The van der Waals surface area contributed by atoms with E-state index in [0.29, 0.717) is 12.5 Å². The fourth-order valence-electron chi connectivity index (χ4n) is 2.78. The van der Waals surface area contributed by atoms with Crippen LogP contribution in [0.25, 0.3) is 0 Å². The van der Waals surface area contributed by atoms with Crippen molar-refractivity contribution in [1.82, 2.24) is 4.98 Å². The summed E-state index contributed by atoms with van der Waals surface area (Å²) in [5.74, 6) is 0.440. The van der Waals surface area contributed by atoms with Gasteiger partial charge in [-0.3, -0.25) is 0 Å². The number of hydrogen-bond acceptors (Lipinski definition) is 3. The van der Waals surface area contributed by atoms with E-state index in [9.17, 15) is 8.78 Å². The van der Waals surface area contributed by atoms with Gasteiger partial charge in [-0.2, -0.15) is 0 Å². The lowest BCUT2D eigenvalue weighted by Crippen LogP contribution is -2.16. The number of hydrogen-bond donors (Lipinski definition) is 2. The highest BCUT2D eigenvalue weighted by molar-refractivity contribution is 5.47. The molecule has 2 rings (SSSR count). The minimum absolute atomic E-state index is 0.0698. The quantitative estimate of drug-likeness (QED) is 0.856. The third kappa shape index (κ3) is 3.81. The third-order valence-corrected chi connectivity index (χ3v) is 4.15. The topological polar surface area (TPSA) is 37.0 Å². The molecule has 20 heavy (non-hydrogen) atoms. The lowest BCUT2D eigenvalue weighted by Gasteiger charge is -2.26. The molecule has 5 heteroatoms. The number of pyridine rings is 1. The molecule has 0 saturated heterocycles. The molecule has 1 fully saturated rings. The van der Waals surface area contributed by atoms with Crippen molar-refractivity contribution < 1.29 is 8.78 Å². The van der Waals surface area contributed by atoms with Crippen molar-refractivity contribution in [2.75, 3.05) is 24.2 Å². The molecular weight excluding hydrogens is 260 g/mol. The lowest BCUT2D eigenvalue weighted by molar-refractivity contribution is 0.282. The molecule has 1 aliphatic rings. The molecule has 3 nitrogen and oxygen atoms in total. The monoisotopic (exact) mass is 283 g/mol. The summed E-state index contributed by atoms with van der Waals surface area (Å²) in [6, 6.07) is 0.865. The second-order valence-corrected chi connectivity index (χ2v) is 5.74. The zero-order valence-corrected chi connectivity index (χ0v) is 12.2. The second-order valence-electron chi connectivity index (χ2n) is 5.74. The molecule has 0 unspecified atom stereocenters. The zero-order chi connectivity index (χ0) is 14.5. The highest BCUT2D eigenvalue weighted by Crippen LogP contribution is 2.30. The van der Waals surface area contributed by atoms with Gasteiger partial charge < -0.3 is 10.6 Å². The average Bonchev–Trinajstić information content (AvgIpc) is 2.43. The summed E-state index contributed by atoms with van der Waals surface area (Å²) >= 11 is 0. The minimum atomic E-state index is -0.670. The van der Waals surface area contributed by atoms with E-state index >= 15 is 0 Å². The van der Waals surface area contributed by atoms with Crippen LogP contribution in [0.3, 0.4) is 0 Å². The maximum Gasteiger partial charge on any atom is 0.168 e. The van der Waals surface area contributed by atoms with E-state index in [1.165, 1.54) is 25.7 Å². The molecule has 0 atom stereocenters. The largest absolute Gasteiger partial charge is 0.371 e. The molecule has 2 N–H and O–H groups in total. The van der Waals surface area contributed by atoms with Crippen LogP contribution < -0.4 is 10.6 Å². The Balaban J connectivity index is 1.85. The van der Waals surface area contributed by atoms with Crippen LogP contribution in [-0.2, 0) is 0 Å². The summed E-state index contributed by atoms with van der Waals surface area (Å²) < 4.78 is 26.9. The van der Waals surface area contributed by atoms with Crippen molar-refractivity contribution in [2.24, 2.45) is 11.8 Å². The van der Waals surface area contributed by atoms with Gasteiger partial charge in [0.05, 0.1) is 0 Å². The Morgan fingerprint density at radius 2 is 1.80 bits per heavy atom. The van der Waals surface area contributed by atoms with E-state index in [-0.39, 0.29) is 11.6 Å².